The van der Waals surface area contributed by atoms with Crippen molar-refractivity contribution >= 4 is 0 Å². The Balaban J connectivity index is 1.76. The van der Waals surface area contributed by atoms with E-state index in [4.69, 9.17) is 14.2 Å². The van der Waals surface area contributed by atoms with E-state index in [1.165, 1.54) is 0 Å². The molecule has 2 rings (SSSR count). The molecule has 0 spiro atoms. The van der Waals surface area contributed by atoms with E-state index in [1.54, 1.807) is 13.3 Å². The molecular weight excluding hydrogens is 268 g/mol. The summed E-state index contributed by atoms with van der Waals surface area (Å²) in [5.41, 5.74) is 0.982. The molecule has 5 heteroatoms. The van der Waals surface area contributed by atoms with Crippen molar-refractivity contribution in [1.82, 2.24) is 10.3 Å². The van der Waals surface area contributed by atoms with E-state index in [1.807, 2.05) is 43.4 Å². The Morgan fingerprint density at radius 3 is 2.43 bits per heavy atom. The van der Waals surface area contributed by atoms with Gasteiger partial charge >= 0.3 is 0 Å². The SMILES string of the molecule is CNCc1ccc(OCCOc2ccccc2OC)cn1. The van der Waals surface area contributed by atoms with Gasteiger partial charge in [-0.25, -0.2) is 0 Å². The minimum Gasteiger partial charge on any atom is -0.493 e. The van der Waals surface area contributed by atoms with Crippen molar-refractivity contribution in [3.8, 4) is 17.2 Å². The lowest BCUT2D eigenvalue weighted by molar-refractivity contribution is 0.211. The van der Waals surface area contributed by atoms with Gasteiger partial charge in [0.05, 0.1) is 19.0 Å². The Hall–Kier alpha value is -2.27. The predicted octanol–water partition coefficient (Wildman–Crippen LogP) is 2.27. The van der Waals surface area contributed by atoms with Gasteiger partial charge in [0.15, 0.2) is 11.5 Å². The minimum atomic E-state index is 0.443. The van der Waals surface area contributed by atoms with Crippen LogP contribution in [0.3, 0.4) is 0 Å². The predicted molar refractivity (Wildman–Crippen MR) is 81.0 cm³/mol. The molecule has 21 heavy (non-hydrogen) atoms. The first-order valence-electron chi connectivity index (χ1n) is 6.81. The summed E-state index contributed by atoms with van der Waals surface area (Å²) in [6.45, 7) is 1.64. The molecule has 0 aliphatic carbocycles. The molecule has 1 aromatic carbocycles. The van der Waals surface area contributed by atoms with E-state index >= 15 is 0 Å². The lowest BCUT2D eigenvalue weighted by Gasteiger charge is -2.11. The van der Waals surface area contributed by atoms with Crippen molar-refractivity contribution in [1.29, 1.82) is 0 Å². The van der Waals surface area contributed by atoms with Gasteiger partial charge in [0.25, 0.3) is 0 Å². The Bertz CT molecular complexity index is 543. The molecule has 0 bridgehead atoms. The molecule has 2 aromatic rings. The van der Waals surface area contributed by atoms with Gasteiger partial charge in [-0.1, -0.05) is 12.1 Å². The fourth-order valence-corrected chi connectivity index (χ4v) is 1.83. The van der Waals surface area contributed by atoms with Gasteiger partial charge in [-0.15, -0.1) is 0 Å². The van der Waals surface area contributed by atoms with Crippen molar-refractivity contribution in [2.24, 2.45) is 0 Å². The summed E-state index contributed by atoms with van der Waals surface area (Å²) in [5.74, 6) is 2.17. The van der Waals surface area contributed by atoms with Gasteiger partial charge < -0.3 is 19.5 Å². The van der Waals surface area contributed by atoms with E-state index in [0.29, 0.717) is 19.0 Å². The number of nitrogens with one attached hydrogen (secondary N) is 1. The van der Waals surface area contributed by atoms with Gasteiger partial charge in [-0.2, -0.15) is 0 Å². The number of methoxy groups -OCH3 is 1. The van der Waals surface area contributed by atoms with Crippen LogP contribution >= 0.6 is 0 Å². The molecule has 0 unspecified atom stereocenters. The van der Waals surface area contributed by atoms with Crippen LogP contribution in [-0.4, -0.2) is 32.4 Å². The summed E-state index contributed by atoms with van der Waals surface area (Å²) in [6.07, 6.45) is 1.72. The average molecular weight is 288 g/mol. The van der Waals surface area contributed by atoms with Crippen molar-refractivity contribution in [3.05, 3.63) is 48.3 Å². The van der Waals surface area contributed by atoms with E-state index in [-0.39, 0.29) is 0 Å². The van der Waals surface area contributed by atoms with Crippen LogP contribution in [0, 0.1) is 0 Å². The van der Waals surface area contributed by atoms with E-state index in [0.717, 1.165) is 23.7 Å². The third-order valence-corrected chi connectivity index (χ3v) is 2.83. The molecule has 0 saturated carbocycles. The normalized spacial score (nSPS) is 10.2. The van der Waals surface area contributed by atoms with Crippen LogP contribution in [0.2, 0.25) is 0 Å². The molecule has 1 N–H and O–H groups in total. The molecule has 0 atom stereocenters. The molecule has 112 valence electrons. The zero-order chi connectivity index (χ0) is 14.9. The molecule has 0 amide bonds. The highest BCUT2D eigenvalue weighted by atomic mass is 16.5. The molecule has 0 aliphatic heterocycles. The number of benzene rings is 1. The fourth-order valence-electron chi connectivity index (χ4n) is 1.83. The van der Waals surface area contributed by atoms with Gasteiger partial charge in [0.2, 0.25) is 0 Å². The molecule has 0 aliphatic rings. The summed E-state index contributed by atoms with van der Waals surface area (Å²) in [7, 11) is 3.51. The second-order valence-electron chi connectivity index (χ2n) is 4.36. The molecule has 0 fully saturated rings. The number of hydrogen-bond donors (Lipinski definition) is 1. The maximum absolute atomic E-state index is 5.63. The van der Waals surface area contributed by atoms with Crippen molar-refractivity contribution in [3.63, 3.8) is 0 Å². The third kappa shape index (κ3) is 4.65. The van der Waals surface area contributed by atoms with E-state index in [9.17, 15) is 0 Å². The molecule has 0 radical (unpaired) electrons. The first kappa shape index (κ1) is 15.1. The lowest BCUT2D eigenvalue weighted by Crippen LogP contribution is -2.10. The van der Waals surface area contributed by atoms with Gasteiger partial charge in [0, 0.05) is 6.54 Å². The quantitative estimate of drug-likeness (QED) is 0.755. The number of para-hydroxylation sites is 2. The highest BCUT2D eigenvalue weighted by molar-refractivity contribution is 5.39. The van der Waals surface area contributed by atoms with Crippen LogP contribution in [0.1, 0.15) is 5.69 Å². The van der Waals surface area contributed by atoms with Crippen molar-refractivity contribution in [2.75, 3.05) is 27.4 Å². The maximum atomic E-state index is 5.63. The van der Waals surface area contributed by atoms with Crippen LogP contribution in [0.4, 0.5) is 0 Å². The summed E-state index contributed by atoms with van der Waals surface area (Å²) in [6, 6.07) is 11.4. The fraction of sp³-hybridized carbons (Fsp3) is 0.312. The Morgan fingerprint density at radius 2 is 1.76 bits per heavy atom. The Labute approximate surface area is 124 Å². The second-order valence-corrected chi connectivity index (χ2v) is 4.36. The highest BCUT2D eigenvalue weighted by Crippen LogP contribution is 2.25. The largest absolute Gasteiger partial charge is 0.493 e. The van der Waals surface area contributed by atoms with E-state index < -0.39 is 0 Å². The Kier molecular flexibility index (Phi) is 5.84. The number of ether oxygens (including phenoxy) is 3. The lowest BCUT2D eigenvalue weighted by atomic mass is 10.3. The number of pyridine rings is 1. The van der Waals surface area contributed by atoms with Crippen LogP contribution in [0.5, 0.6) is 17.2 Å². The molecule has 1 aromatic heterocycles. The molecule has 5 nitrogen and oxygen atoms in total. The zero-order valence-electron chi connectivity index (χ0n) is 12.3. The van der Waals surface area contributed by atoms with Gasteiger partial charge in [0.1, 0.15) is 19.0 Å². The van der Waals surface area contributed by atoms with E-state index in [2.05, 4.69) is 10.3 Å². The number of hydrogen-bond acceptors (Lipinski definition) is 5. The number of rotatable bonds is 8. The number of aromatic nitrogens is 1. The zero-order valence-corrected chi connectivity index (χ0v) is 12.3. The topological polar surface area (TPSA) is 52.6 Å². The standard InChI is InChI=1S/C16H20N2O3/c1-17-11-13-7-8-14(12-18-13)20-9-10-21-16-6-4-3-5-15(16)19-2/h3-8,12,17H,9-11H2,1-2H3. The van der Waals surface area contributed by atoms with Gasteiger partial charge in [-0.05, 0) is 31.3 Å². The maximum Gasteiger partial charge on any atom is 0.161 e. The monoisotopic (exact) mass is 288 g/mol. The summed E-state index contributed by atoms with van der Waals surface area (Å²) >= 11 is 0. The number of nitrogens with zero attached hydrogens (tertiary/aromatic N) is 1. The van der Waals surface area contributed by atoms with Crippen molar-refractivity contribution in [2.45, 2.75) is 6.54 Å². The molecule has 0 saturated heterocycles. The van der Waals surface area contributed by atoms with Crippen LogP contribution in [0.25, 0.3) is 0 Å². The van der Waals surface area contributed by atoms with Gasteiger partial charge in [-0.3, -0.25) is 4.98 Å². The molecular formula is C16H20N2O3. The minimum absolute atomic E-state index is 0.443. The summed E-state index contributed by atoms with van der Waals surface area (Å²) < 4.78 is 16.4. The molecule has 1 heterocycles. The highest BCUT2D eigenvalue weighted by Gasteiger charge is 2.02. The summed E-state index contributed by atoms with van der Waals surface area (Å²) in [5, 5.41) is 3.05. The summed E-state index contributed by atoms with van der Waals surface area (Å²) in [4.78, 5) is 4.28. The first-order valence-corrected chi connectivity index (χ1v) is 6.81. The first-order chi connectivity index (χ1) is 10.3. The van der Waals surface area contributed by atoms with Crippen molar-refractivity contribution < 1.29 is 14.2 Å². The van der Waals surface area contributed by atoms with Crippen LogP contribution < -0.4 is 19.5 Å². The second kappa shape index (κ2) is 8.11. The van der Waals surface area contributed by atoms with Crippen LogP contribution in [-0.2, 0) is 6.54 Å². The average Bonchev–Trinajstić information content (AvgIpc) is 2.54. The smallest absolute Gasteiger partial charge is 0.161 e. The van der Waals surface area contributed by atoms with Crippen LogP contribution in [0.15, 0.2) is 42.6 Å². The third-order valence-electron chi connectivity index (χ3n) is 2.83. The Morgan fingerprint density at radius 1 is 1.00 bits per heavy atom.